The van der Waals surface area contributed by atoms with Gasteiger partial charge in [0.1, 0.15) is 6.10 Å². The zero-order valence-corrected chi connectivity index (χ0v) is 15.4. The molecular weight excluding hydrogens is 316 g/mol. The lowest BCUT2D eigenvalue weighted by Crippen LogP contribution is -2.32. The van der Waals surface area contributed by atoms with Gasteiger partial charge in [-0.3, -0.25) is 0 Å². The molecule has 0 saturated carbocycles. The third kappa shape index (κ3) is 14.1. The fourth-order valence-electron chi connectivity index (χ4n) is 1.86. The van der Waals surface area contributed by atoms with E-state index >= 15 is 0 Å². The van der Waals surface area contributed by atoms with E-state index in [0.717, 1.165) is 0 Å². The van der Waals surface area contributed by atoms with Crippen LogP contribution in [0.4, 0.5) is 0 Å². The van der Waals surface area contributed by atoms with Crippen LogP contribution >= 0.6 is 0 Å². The molecule has 1 aliphatic rings. The van der Waals surface area contributed by atoms with Crippen molar-refractivity contribution in [1.29, 1.82) is 0 Å². The summed E-state index contributed by atoms with van der Waals surface area (Å²) in [6.45, 7) is 12.5. The molecule has 0 aromatic rings. The number of hydrogen-bond acceptors (Lipinski definition) is 7. The summed E-state index contributed by atoms with van der Waals surface area (Å²) in [7, 11) is 0. The fraction of sp³-hybridized carbons (Fsp3) is 1.00. The molecule has 1 aliphatic heterocycles. The quantitative estimate of drug-likeness (QED) is 0.743. The third-order valence-corrected chi connectivity index (χ3v) is 3.08. The molecule has 0 aromatic heterocycles. The van der Waals surface area contributed by atoms with E-state index in [4.69, 9.17) is 33.2 Å². The average molecular weight is 350 g/mol. The van der Waals surface area contributed by atoms with E-state index < -0.39 is 0 Å². The highest BCUT2D eigenvalue weighted by Gasteiger charge is 2.16. The van der Waals surface area contributed by atoms with E-state index in [-0.39, 0.29) is 11.7 Å². The first-order valence-corrected chi connectivity index (χ1v) is 8.72. The van der Waals surface area contributed by atoms with Gasteiger partial charge in [0.25, 0.3) is 0 Å². The minimum Gasteiger partial charge on any atom is -0.377 e. The second-order valence-electron chi connectivity index (χ2n) is 6.44. The molecule has 0 aliphatic carbocycles. The summed E-state index contributed by atoms with van der Waals surface area (Å²) in [5, 5.41) is 0. The van der Waals surface area contributed by atoms with Crippen molar-refractivity contribution in [2.24, 2.45) is 0 Å². The molecule has 144 valence electrons. The average Bonchev–Trinajstić information content (AvgIpc) is 2.53. The second-order valence-corrected chi connectivity index (χ2v) is 6.44. The molecule has 1 atom stereocenters. The molecule has 0 amide bonds. The van der Waals surface area contributed by atoms with E-state index in [1.807, 2.05) is 20.8 Å². The zero-order valence-electron chi connectivity index (χ0n) is 15.4. The van der Waals surface area contributed by atoms with Gasteiger partial charge < -0.3 is 33.2 Å². The van der Waals surface area contributed by atoms with E-state index in [9.17, 15) is 0 Å². The predicted molar refractivity (Wildman–Crippen MR) is 89.5 cm³/mol. The highest BCUT2D eigenvalue weighted by Crippen LogP contribution is 2.08. The van der Waals surface area contributed by atoms with Crippen molar-refractivity contribution in [3.63, 3.8) is 0 Å². The summed E-state index contributed by atoms with van der Waals surface area (Å²) >= 11 is 0. The Morgan fingerprint density at radius 2 is 1.08 bits per heavy atom. The molecule has 0 bridgehead atoms. The molecule has 1 fully saturated rings. The van der Waals surface area contributed by atoms with Crippen LogP contribution in [0.2, 0.25) is 0 Å². The molecular formula is C17H34O7. The van der Waals surface area contributed by atoms with Gasteiger partial charge in [-0.15, -0.1) is 0 Å². The van der Waals surface area contributed by atoms with Crippen LogP contribution in [0.5, 0.6) is 0 Å². The Hall–Kier alpha value is -0.280. The number of ether oxygens (including phenoxy) is 7. The van der Waals surface area contributed by atoms with Crippen molar-refractivity contribution in [2.45, 2.75) is 32.5 Å². The van der Waals surface area contributed by atoms with Crippen molar-refractivity contribution >= 4 is 0 Å². The second kappa shape index (κ2) is 13.9. The Bertz CT molecular complexity index is 263. The van der Waals surface area contributed by atoms with Crippen molar-refractivity contribution in [3.8, 4) is 0 Å². The number of rotatable bonds is 2. The van der Waals surface area contributed by atoms with Crippen LogP contribution in [0.25, 0.3) is 0 Å². The van der Waals surface area contributed by atoms with Crippen molar-refractivity contribution in [1.82, 2.24) is 0 Å². The lowest BCUT2D eigenvalue weighted by molar-refractivity contribution is -0.110. The Morgan fingerprint density at radius 1 is 0.667 bits per heavy atom. The van der Waals surface area contributed by atoms with Crippen molar-refractivity contribution in [2.75, 3.05) is 79.3 Å². The molecule has 7 heteroatoms. The molecule has 1 heterocycles. The van der Waals surface area contributed by atoms with Crippen LogP contribution in [0.1, 0.15) is 20.8 Å². The van der Waals surface area contributed by atoms with Gasteiger partial charge in [0.2, 0.25) is 0 Å². The Balaban J connectivity index is 2.29. The van der Waals surface area contributed by atoms with Crippen molar-refractivity contribution < 1.29 is 33.2 Å². The Morgan fingerprint density at radius 3 is 1.54 bits per heavy atom. The minimum atomic E-state index is -0.202. The van der Waals surface area contributed by atoms with Gasteiger partial charge >= 0.3 is 0 Å². The predicted octanol–water partition coefficient (Wildman–Crippen LogP) is 1.28. The maximum absolute atomic E-state index is 5.81. The first kappa shape index (κ1) is 21.8. The molecule has 7 nitrogen and oxygen atoms in total. The van der Waals surface area contributed by atoms with E-state index in [0.29, 0.717) is 79.3 Å². The highest BCUT2D eigenvalue weighted by molar-refractivity contribution is 4.63. The topological polar surface area (TPSA) is 64.6 Å². The van der Waals surface area contributed by atoms with Crippen molar-refractivity contribution in [3.05, 3.63) is 0 Å². The van der Waals surface area contributed by atoms with Crippen LogP contribution in [0, 0.1) is 0 Å². The Labute approximate surface area is 145 Å². The standard InChI is InChI=1S/C17H34O7/c1-17(2,3)24-15-16-14-22-11-10-20-7-6-18-4-5-19-8-9-21-12-13-23-16/h16H,4-15H2,1-3H3. The Kier molecular flexibility index (Phi) is 12.6. The molecule has 0 aromatic carbocycles. The summed E-state index contributed by atoms with van der Waals surface area (Å²) in [5.74, 6) is 0. The van der Waals surface area contributed by atoms with E-state index in [2.05, 4.69) is 0 Å². The zero-order chi connectivity index (χ0) is 17.5. The molecule has 1 saturated heterocycles. The van der Waals surface area contributed by atoms with Crippen LogP contribution in [-0.4, -0.2) is 91.0 Å². The third-order valence-electron chi connectivity index (χ3n) is 3.08. The lowest BCUT2D eigenvalue weighted by Gasteiger charge is -2.24. The fourth-order valence-corrected chi connectivity index (χ4v) is 1.86. The minimum absolute atomic E-state index is 0.119. The molecule has 0 radical (unpaired) electrons. The summed E-state index contributed by atoms with van der Waals surface area (Å²) in [6.07, 6.45) is -0.119. The largest absolute Gasteiger partial charge is 0.377 e. The van der Waals surface area contributed by atoms with Crippen LogP contribution in [0.15, 0.2) is 0 Å². The molecule has 1 unspecified atom stereocenters. The SMILES string of the molecule is CC(C)(C)OCC1COCCOCCOCCOCCOCCO1. The molecule has 24 heavy (non-hydrogen) atoms. The van der Waals surface area contributed by atoms with Crippen LogP contribution < -0.4 is 0 Å². The molecule has 0 spiro atoms. The van der Waals surface area contributed by atoms with Gasteiger partial charge in [0, 0.05) is 0 Å². The lowest BCUT2D eigenvalue weighted by atomic mass is 10.2. The maximum Gasteiger partial charge on any atom is 0.104 e. The maximum atomic E-state index is 5.81. The monoisotopic (exact) mass is 350 g/mol. The number of hydrogen-bond donors (Lipinski definition) is 0. The van der Waals surface area contributed by atoms with Gasteiger partial charge in [0.05, 0.1) is 84.9 Å². The smallest absolute Gasteiger partial charge is 0.104 e. The van der Waals surface area contributed by atoms with E-state index in [1.54, 1.807) is 0 Å². The van der Waals surface area contributed by atoms with Crippen LogP contribution in [0.3, 0.4) is 0 Å². The summed E-state index contributed by atoms with van der Waals surface area (Å²) in [6, 6.07) is 0. The summed E-state index contributed by atoms with van der Waals surface area (Å²) in [5.41, 5.74) is -0.202. The summed E-state index contributed by atoms with van der Waals surface area (Å²) < 4.78 is 38.9. The molecule has 1 rings (SSSR count). The van der Waals surface area contributed by atoms with Gasteiger partial charge in [-0.05, 0) is 20.8 Å². The highest BCUT2D eigenvalue weighted by atomic mass is 16.6. The molecule has 0 N–H and O–H groups in total. The first-order chi connectivity index (χ1) is 11.6. The summed E-state index contributed by atoms with van der Waals surface area (Å²) in [4.78, 5) is 0. The first-order valence-electron chi connectivity index (χ1n) is 8.72. The normalized spacial score (nSPS) is 24.9. The van der Waals surface area contributed by atoms with Crippen LogP contribution in [-0.2, 0) is 33.2 Å². The van der Waals surface area contributed by atoms with Gasteiger partial charge in [-0.25, -0.2) is 0 Å². The van der Waals surface area contributed by atoms with E-state index in [1.165, 1.54) is 0 Å². The van der Waals surface area contributed by atoms with Gasteiger partial charge in [0.15, 0.2) is 0 Å². The van der Waals surface area contributed by atoms with Gasteiger partial charge in [-0.2, -0.15) is 0 Å². The van der Waals surface area contributed by atoms with Gasteiger partial charge in [-0.1, -0.05) is 0 Å².